The van der Waals surface area contributed by atoms with Gasteiger partial charge in [-0.25, -0.2) is 0 Å². The van der Waals surface area contributed by atoms with Gasteiger partial charge in [-0.3, -0.25) is 4.79 Å². The van der Waals surface area contributed by atoms with Crippen LogP contribution in [-0.2, 0) is 14.3 Å². The molecule has 0 aromatic rings. The molecule has 4 heteroatoms. The molecular weight excluding hydrogens is 254 g/mol. The summed E-state index contributed by atoms with van der Waals surface area (Å²) in [6, 6.07) is 0. The predicted octanol–water partition coefficient (Wildman–Crippen LogP) is 2.18. The van der Waals surface area contributed by atoms with Crippen LogP contribution in [0, 0.1) is 17.8 Å². The average Bonchev–Trinajstić information content (AvgIpc) is 3.16. The smallest absolute Gasteiger partial charge is 0.223 e. The summed E-state index contributed by atoms with van der Waals surface area (Å²) in [5.41, 5.74) is 0. The number of amides is 1. The summed E-state index contributed by atoms with van der Waals surface area (Å²) < 4.78 is 11.5. The number of rotatable bonds is 2. The molecule has 4 rings (SSSR count). The van der Waals surface area contributed by atoms with Crippen LogP contribution in [0.4, 0.5) is 0 Å². The molecule has 1 spiro atoms. The number of fused-ring (bicyclic) bond motifs is 2. The second-order valence-electron chi connectivity index (χ2n) is 7.17. The Morgan fingerprint density at radius 3 is 2.75 bits per heavy atom. The highest BCUT2D eigenvalue weighted by Crippen LogP contribution is 2.49. The zero-order valence-corrected chi connectivity index (χ0v) is 12.2. The summed E-state index contributed by atoms with van der Waals surface area (Å²) in [6.07, 6.45) is 8.14. The third-order valence-corrected chi connectivity index (χ3v) is 5.91. The van der Waals surface area contributed by atoms with Crippen molar-refractivity contribution < 1.29 is 14.3 Å². The number of hydrogen-bond acceptors (Lipinski definition) is 3. The fourth-order valence-corrected chi connectivity index (χ4v) is 4.91. The van der Waals surface area contributed by atoms with E-state index in [1.807, 2.05) is 4.90 Å². The van der Waals surface area contributed by atoms with Crippen molar-refractivity contribution >= 4 is 5.91 Å². The van der Waals surface area contributed by atoms with Crippen LogP contribution in [0.15, 0.2) is 0 Å². The molecule has 2 aliphatic heterocycles. The second-order valence-corrected chi connectivity index (χ2v) is 7.17. The van der Waals surface area contributed by atoms with Gasteiger partial charge in [0.1, 0.15) is 0 Å². The van der Waals surface area contributed by atoms with E-state index >= 15 is 0 Å². The van der Waals surface area contributed by atoms with Gasteiger partial charge >= 0.3 is 0 Å². The van der Waals surface area contributed by atoms with E-state index in [9.17, 15) is 4.79 Å². The fraction of sp³-hybridized carbons (Fsp3) is 0.938. The van der Waals surface area contributed by atoms with Crippen molar-refractivity contribution in [3.8, 4) is 0 Å². The van der Waals surface area contributed by atoms with Crippen molar-refractivity contribution in [2.75, 3.05) is 26.3 Å². The third-order valence-electron chi connectivity index (χ3n) is 5.91. The van der Waals surface area contributed by atoms with Crippen LogP contribution in [0.2, 0.25) is 0 Å². The highest BCUT2D eigenvalue weighted by molar-refractivity contribution is 5.76. The van der Waals surface area contributed by atoms with Crippen molar-refractivity contribution in [3.63, 3.8) is 0 Å². The highest BCUT2D eigenvalue weighted by atomic mass is 16.7. The molecule has 20 heavy (non-hydrogen) atoms. The van der Waals surface area contributed by atoms with E-state index in [4.69, 9.17) is 9.47 Å². The maximum atomic E-state index is 12.6. The molecule has 1 amide bonds. The van der Waals surface area contributed by atoms with Gasteiger partial charge in [-0.1, -0.05) is 6.42 Å². The lowest BCUT2D eigenvalue weighted by Crippen LogP contribution is -2.51. The van der Waals surface area contributed by atoms with Gasteiger partial charge in [0, 0.05) is 19.4 Å². The SMILES string of the molecule is O=C(CC1CC2CCC1C2)N1CCCC2(C1)OCCO2. The zero-order valence-electron chi connectivity index (χ0n) is 12.2. The molecule has 2 saturated heterocycles. The maximum absolute atomic E-state index is 12.6. The Bertz CT molecular complexity index is 391. The lowest BCUT2D eigenvalue weighted by Gasteiger charge is -2.39. The first-order chi connectivity index (χ1) is 9.74. The quantitative estimate of drug-likeness (QED) is 0.777. The Morgan fingerprint density at radius 1 is 1.20 bits per heavy atom. The van der Waals surface area contributed by atoms with Crippen molar-refractivity contribution in [1.82, 2.24) is 4.90 Å². The van der Waals surface area contributed by atoms with Gasteiger partial charge in [-0.05, 0) is 43.4 Å². The standard InChI is InChI=1S/C16H25NO3/c18-15(10-14-9-12-2-3-13(14)8-12)17-5-1-4-16(11-17)19-6-7-20-16/h12-14H,1-11H2. The van der Waals surface area contributed by atoms with Gasteiger partial charge in [0.15, 0.2) is 5.79 Å². The topological polar surface area (TPSA) is 38.8 Å². The van der Waals surface area contributed by atoms with Gasteiger partial charge in [0.2, 0.25) is 5.91 Å². The Kier molecular flexibility index (Phi) is 3.26. The molecule has 3 unspecified atom stereocenters. The van der Waals surface area contributed by atoms with E-state index in [0.29, 0.717) is 31.6 Å². The normalized spacial score (nSPS) is 38.8. The largest absolute Gasteiger partial charge is 0.346 e. The van der Waals surface area contributed by atoms with Crippen molar-refractivity contribution in [2.24, 2.45) is 17.8 Å². The van der Waals surface area contributed by atoms with Gasteiger partial charge in [-0.2, -0.15) is 0 Å². The van der Waals surface area contributed by atoms with Gasteiger partial charge < -0.3 is 14.4 Å². The summed E-state index contributed by atoms with van der Waals surface area (Å²) >= 11 is 0. The summed E-state index contributed by atoms with van der Waals surface area (Å²) in [5.74, 6) is 2.28. The predicted molar refractivity (Wildman–Crippen MR) is 74.0 cm³/mol. The molecule has 4 nitrogen and oxygen atoms in total. The van der Waals surface area contributed by atoms with E-state index in [1.165, 1.54) is 25.7 Å². The number of ether oxygens (including phenoxy) is 2. The summed E-state index contributed by atoms with van der Waals surface area (Å²) in [4.78, 5) is 14.6. The number of likely N-dealkylation sites (tertiary alicyclic amines) is 1. The van der Waals surface area contributed by atoms with E-state index in [0.717, 1.165) is 37.6 Å². The van der Waals surface area contributed by atoms with Gasteiger partial charge in [-0.15, -0.1) is 0 Å². The molecule has 2 aliphatic carbocycles. The minimum absolute atomic E-state index is 0.334. The average molecular weight is 279 g/mol. The van der Waals surface area contributed by atoms with Crippen molar-refractivity contribution in [1.29, 1.82) is 0 Å². The Morgan fingerprint density at radius 2 is 2.05 bits per heavy atom. The van der Waals surface area contributed by atoms with E-state index in [2.05, 4.69) is 0 Å². The van der Waals surface area contributed by atoms with E-state index in [1.54, 1.807) is 0 Å². The van der Waals surface area contributed by atoms with E-state index < -0.39 is 5.79 Å². The molecular formula is C16H25NO3. The molecule has 0 aromatic carbocycles. The molecule has 4 aliphatic rings. The van der Waals surface area contributed by atoms with Crippen LogP contribution in [-0.4, -0.2) is 42.9 Å². The third kappa shape index (κ3) is 2.27. The summed E-state index contributed by atoms with van der Waals surface area (Å²) in [6.45, 7) is 2.88. The molecule has 3 atom stereocenters. The Labute approximate surface area is 120 Å². The molecule has 0 N–H and O–H groups in total. The zero-order chi connectivity index (χ0) is 13.6. The summed E-state index contributed by atoms with van der Waals surface area (Å²) in [7, 11) is 0. The molecule has 112 valence electrons. The lowest BCUT2D eigenvalue weighted by atomic mass is 9.86. The second kappa shape index (κ2) is 4.99. The van der Waals surface area contributed by atoms with Crippen LogP contribution in [0.5, 0.6) is 0 Å². The first-order valence-corrected chi connectivity index (χ1v) is 8.30. The monoisotopic (exact) mass is 279 g/mol. The highest BCUT2D eigenvalue weighted by Gasteiger charge is 2.44. The molecule has 2 saturated carbocycles. The maximum Gasteiger partial charge on any atom is 0.223 e. The molecule has 0 aromatic heterocycles. The van der Waals surface area contributed by atoms with Crippen LogP contribution >= 0.6 is 0 Å². The van der Waals surface area contributed by atoms with Crippen LogP contribution < -0.4 is 0 Å². The fourth-order valence-electron chi connectivity index (χ4n) is 4.91. The van der Waals surface area contributed by atoms with Crippen molar-refractivity contribution in [3.05, 3.63) is 0 Å². The molecule has 2 heterocycles. The lowest BCUT2D eigenvalue weighted by molar-refractivity contribution is -0.193. The number of piperidine rings is 1. The van der Waals surface area contributed by atoms with Gasteiger partial charge in [0.05, 0.1) is 19.8 Å². The molecule has 0 radical (unpaired) electrons. The summed E-state index contributed by atoms with van der Waals surface area (Å²) in [5, 5.41) is 0. The Balaban J connectivity index is 1.36. The van der Waals surface area contributed by atoms with Crippen LogP contribution in [0.1, 0.15) is 44.9 Å². The first-order valence-electron chi connectivity index (χ1n) is 8.30. The van der Waals surface area contributed by atoms with E-state index in [-0.39, 0.29) is 0 Å². The number of nitrogens with zero attached hydrogens (tertiary/aromatic N) is 1. The molecule has 4 fully saturated rings. The molecule has 2 bridgehead atoms. The number of carbonyl (C=O) groups excluding carboxylic acids is 1. The number of carbonyl (C=O) groups is 1. The van der Waals surface area contributed by atoms with Crippen molar-refractivity contribution in [2.45, 2.75) is 50.7 Å². The Hall–Kier alpha value is -0.610. The van der Waals surface area contributed by atoms with Crippen LogP contribution in [0.25, 0.3) is 0 Å². The minimum Gasteiger partial charge on any atom is -0.346 e. The van der Waals surface area contributed by atoms with Gasteiger partial charge in [0.25, 0.3) is 0 Å². The minimum atomic E-state index is -0.470. The number of hydrogen-bond donors (Lipinski definition) is 0. The first kappa shape index (κ1) is 13.1. The van der Waals surface area contributed by atoms with Crippen LogP contribution in [0.3, 0.4) is 0 Å².